The molecule has 1 saturated heterocycles. The zero-order valence-corrected chi connectivity index (χ0v) is 22.3. The summed E-state index contributed by atoms with van der Waals surface area (Å²) in [6, 6.07) is 8.41. The number of aliphatic imine (C=N–C) groups is 1. The fourth-order valence-corrected chi connectivity index (χ4v) is 5.26. The van der Waals surface area contributed by atoms with E-state index in [0.29, 0.717) is 10.5 Å². The lowest BCUT2D eigenvalue weighted by molar-refractivity contribution is -0.147. The van der Waals surface area contributed by atoms with E-state index in [4.69, 9.17) is 0 Å². The normalized spacial score (nSPS) is 21.4. The number of halogens is 9. The first-order valence-electron chi connectivity index (χ1n) is 13.0. The van der Waals surface area contributed by atoms with E-state index in [2.05, 4.69) is 10.3 Å². The third-order valence-electron chi connectivity index (χ3n) is 7.28. The molecular weight excluding hydrogens is 597 g/mol. The van der Waals surface area contributed by atoms with Gasteiger partial charge in [-0.05, 0) is 43.9 Å². The molecular formula is C28H24F9N3O3. The maximum Gasteiger partial charge on any atom is 0.416 e. The van der Waals surface area contributed by atoms with E-state index >= 15 is 0 Å². The highest BCUT2D eigenvalue weighted by molar-refractivity contribution is 6.21. The fourth-order valence-electron chi connectivity index (χ4n) is 5.26. The van der Waals surface area contributed by atoms with Crippen LogP contribution in [0.2, 0.25) is 0 Å². The lowest BCUT2D eigenvalue weighted by Crippen LogP contribution is -2.46. The maximum atomic E-state index is 13.5. The van der Waals surface area contributed by atoms with Gasteiger partial charge >= 0.3 is 18.5 Å². The molecule has 0 spiro atoms. The van der Waals surface area contributed by atoms with Gasteiger partial charge in [0.2, 0.25) is 18.0 Å². The number of benzodiazepines with no additional fused rings is 1. The van der Waals surface area contributed by atoms with Crippen LogP contribution in [0.5, 0.6) is 0 Å². The predicted octanol–water partition coefficient (Wildman–Crippen LogP) is 6.81. The van der Waals surface area contributed by atoms with E-state index in [1.807, 2.05) is 0 Å². The summed E-state index contributed by atoms with van der Waals surface area (Å²) in [4.78, 5) is 44.9. The highest BCUT2D eigenvalue weighted by Gasteiger charge is 2.52. The van der Waals surface area contributed by atoms with Crippen molar-refractivity contribution in [1.29, 1.82) is 0 Å². The smallest absolute Gasteiger partial charge is 0.322 e. The standard InChI is InChI=1S/C28H24F9N3O3/c1-14-5-2-8-19-20(14)39-23(41)22(38-21(19)15-6-3-7-16(13-15)28(35,36)37)40-24(42)17(9-4-11-26(29,30)31)18(25(40)43)10-12-27(32,33)34/h2-3,5-8,13,17-18,22H,4,9-12H2,1H3,(H,39,41)/t17-,18+,22-/m0/s1. The number of nitrogens with one attached hydrogen (secondary N) is 1. The average Bonchev–Trinajstić information content (AvgIpc) is 3.01. The van der Waals surface area contributed by atoms with Crippen LogP contribution in [0.4, 0.5) is 45.2 Å². The summed E-state index contributed by atoms with van der Waals surface area (Å²) in [6.45, 7) is 1.57. The minimum atomic E-state index is -4.76. The Morgan fingerprint density at radius 1 is 0.814 bits per heavy atom. The third-order valence-corrected chi connectivity index (χ3v) is 7.28. The second-order valence-electron chi connectivity index (χ2n) is 10.3. The van der Waals surface area contributed by atoms with Crippen molar-refractivity contribution in [3.63, 3.8) is 0 Å². The molecule has 0 aliphatic carbocycles. The van der Waals surface area contributed by atoms with E-state index < -0.39 is 91.9 Å². The molecule has 15 heteroatoms. The number of anilines is 1. The first-order valence-corrected chi connectivity index (χ1v) is 13.0. The van der Waals surface area contributed by atoms with Crippen LogP contribution in [0.3, 0.4) is 0 Å². The van der Waals surface area contributed by atoms with E-state index in [9.17, 15) is 53.9 Å². The lowest BCUT2D eigenvalue weighted by Gasteiger charge is -2.22. The Morgan fingerprint density at radius 2 is 1.42 bits per heavy atom. The molecule has 6 nitrogen and oxygen atoms in total. The molecule has 4 rings (SSSR count). The van der Waals surface area contributed by atoms with Crippen molar-refractivity contribution >= 4 is 29.1 Å². The summed E-state index contributed by atoms with van der Waals surface area (Å²) >= 11 is 0. The number of amides is 3. The van der Waals surface area contributed by atoms with Crippen molar-refractivity contribution in [2.75, 3.05) is 5.32 Å². The summed E-state index contributed by atoms with van der Waals surface area (Å²) in [5.74, 6) is -6.78. The van der Waals surface area contributed by atoms with Gasteiger partial charge in [-0.3, -0.25) is 14.4 Å². The molecule has 1 fully saturated rings. The van der Waals surface area contributed by atoms with Gasteiger partial charge in [-0.25, -0.2) is 9.89 Å². The third kappa shape index (κ3) is 7.19. The molecule has 0 radical (unpaired) electrons. The van der Waals surface area contributed by atoms with Crippen molar-refractivity contribution < 1.29 is 53.9 Å². The molecule has 1 N–H and O–H groups in total. The molecule has 2 aliphatic rings. The van der Waals surface area contributed by atoms with Crippen LogP contribution in [0.1, 0.15) is 54.4 Å². The van der Waals surface area contributed by atoms with E-state index in [1.54, 1.807) is 13.0 Å². The first kappa shape index (κ1) is 32.0. The summed E-state index contributed by atoms with van der Waals surface area (Å²) < 4.78 is 118. The number of fused-ring (bicyclic) bond motifs is 1. The molecule has 3 atom stereocenters. The molecule has 0 unspecified atom stereocenters. The van der Waals surface area contributed by atoms with Gasteiger partial charge in [0, 0.05) is 24.0 Å². The van der Waals surface area contributed by atoms with Gasteiger partial charge in [-0.2, -0.15) is 39.5 Å². The summed E-state index contributed by atoms with van der Waals surface area (Å²) in [5.41, 5.74) is -0.727. The van der Waals surface area contributed by atoms with Gasteiger partial charge < -0.3 is 5.32 Å². The number of hydrogen-bond acceptors (Lipinski definition) is 4. The van der Waals surface area contributed by atoms with Crippen molar-refractivity contribution in [1.82, 2.24) is 4.90 Å². The predicted molar refractivity (Wildman–Crippen MR) is 135 cm³/mol. The molecule has 3 amide bonds. The molecule has 0 saturated carbocycles. The van der Waals surface area contributed by atoms with Gasteiger partial charge in [0.15, 0.2) is 0 Å². The zero-order valence-electron chi connectivity index (χ0n) is 22.3. The Kier molecular flexibility index (Phi) is 8.67. The number of carbonyl (C=O) groups excluding carboxylic acids is 3. The van der Waals surface area contributed by atoms with Gasteiger partial charge in [-0.15, -0.1) is 0 Å². The quantitative estimate of drug-likeness (QED) is 0.273. The monoisotopic (exact) mass is 621 g/mol. The van der Waals surface area contributed by atoms with Crippen LogP contribution in [0, 0.1) is 18.8 Å². The highest BCUT2D eigenvalue weighted by atomic mass is 19.4. The van der Waals surface area contributed by atoms with Crippen LogP contribution < -0.4 is 5.32 Å². The van der Waals surface area contributed by atoms with E-state index in [-0.39, 0.29) is 22.5 Å². The Morgan fingerprint density at radius 3 is 2.02 bits per heavy atom. The molecule has 2 aliphatic heterocycles. The van der Waals surface area contributed by atoms with Gasteiger partial charge in [-0.1, -0.05) is 30.3 Å². The SMILES string of the molecule is Cc1cccc2c1NC(=O)[C@H](N1C(=O)[C@@H](CCCC(F)(F)F)[C@@H](CCC(F)(F)F)C1=O)N=C2c1cccc(C(F)(F)F)c1. The minimum absolute atomic E-state index is 0.112. The Labute approximate surface area is 238 Å². The molecule has 2 aromatic rings. The van der Waals surface area contributed by atoms with Crippen molar-refractivity contribution in [3.8, 4) is 0 Å². The number of likely N-dealkylation sites (tertiary alicyclic amines) is 1. The second kappa shape index (κ2) is 11.6. The Hall–Kier alpha value is -3.91. The second-order valence-corrected chi connectivity index (χ2v) is 10.3. The molecule has 232 valence electrons. The van der Waals surface area contributed by atoms with Crippen molar-refractivity contribution in [2.24, 2.45) is 16.8 Å². The van der Waals surface area contributed by atoms with E-state index in [0.717, 1.165) is 18.2 Å². The largest absolute Gasteiger partial charge is 0.416 e. The van der Waals surface area contributed by atoms with Crippen LogP contribution >= 0.6 is 0 Å². The van der Waals surface area contributed by atoms with Gasteiger partial charge in [0.1, 0.15) is 0 Å². The number of carbonyl (C=O) groups is 3. The van der Waals surface area contributed by atoms with E-state index in [1.165, 1.54) is 18.2 Å². The molecule has 0 bridgehead atoms. The average molecular weight is 622 g/mol. The number of imide groups is 1. The number of nitrogens with zero attached hydrogens (tertiary/aromatic N) is 2. The first-order chi connectivity index (χ1) is 19.9. The molecule has 43 heavy (non-hydrogen) atoms. The van der Waals surface area contributed by atoms with Crippen molar-refractivity contribution in [2.45, 2.75) is 63.7 Å². The number of hydrogen-bond donors (Lipinski definition) is 1. The summed E-state index contributed by atoms with van der Waals surface area (Å²) in [5, 5.41) is 2.50. The van der Waals surface area contributed by atoms with Crippen LogP contribution in [0.25, 0.3) is 0 Å². The van der Waals surface area contributed by atoms with Crippen LogP contribution in [0.15, 0.2) is 47.5 Å². The van der Waals surface area contributed by atoms with Crippen LogP contribution in [-0.2, 0) is 20.6 Å². The fraction of sp³-hybridized carbons (Fsp3) is 0.429. The number of aryl methyl sites for hydroxylation is 1. The molecule has 0 aromatic heterocycles. The number of alkyl halides is 9. The minimum Gasteiger partial charge on any atom is -0.322 e. The van der Waals surface area contributed by atoms with Crippen LogP contribution in [-0.4, -0.2) is 46.9 Å². The summed E-state index contributed by atoms with van der Waals surface area (Å²) in [7, 11) is 0. The number of benzene rings is 2. The number of para-hydroxylation sites is 1. The lowest BCUT2D eigenvalue weighted by atomic mass is 9.86. The highest BCUT2D eigenvalue weighted by Crippen LogP contribution is 2.40. The molecule has 2 aromatic carbocycles. The molecule has 2 heterocycles. The topological polar surface area (TPSA) is 78.8 Å². The maximum absolute atomic E-state index is 13.5. The Balaban J connectivity index is 1.80. The summed E-state index contributed by atoms with van der Waals surface area (Å²) in [6.07, 6.45) is -21.2. The zero-order chi connectivity index (χ0) is 31.9. The Bertz CT molecular complexity index is 1450. The number of rotatable bonds is 7. The van der Waals surface area contributed by atoms with Gasteiger partial charge in [0.25, 0.3) is 5.91 Å². The van der Waals surface area contributed by atoms with Crippen molar-refractivity contribution in [3.05, 3.63) is 64.7 Å². The van der Waals surface area contributed by atoms with Gasteiger partial charge in [0.05, 0.1) is 28.8 Å².